The second-order valence-electron chi connectivity index (χ2n) is 9.88. The van der Waals surface area contributed by atoms with Gasteiger partial charge in [-0.2, -0.15) is 0 Å². The molecule has 0 spiro atoms. The molecule has 4 heterocycles. The largest absolute Gasteiger partial charge is 0.384 e. The van der Waals surface area contributed by atoms with E-state index in [1.165, 1.54) is 62.0 Å². The Labute approximate surface area is 183 Å². The lowest BCUT2D eigenvalue weighted by Crippen LogP contribution is -2.41. The Morgan fingerprint density at radius 2 is 1.97 bits per heavy atom. The van der Waals surface area contributed by atoms with E-state index in [9.17, 15) is 0 Å². The van der Waals surface area contributed by atoms with Gasteiger partial charge in [0, 0.05) is 24.3 Å². The molecule has 3 unspecified atom stereocenters. The zero-order valence-electron chi connectivity index (χ0n) is 18.3. The van der Waals surface area contributed by atoms with Gasteiger partial charge in [-0.3, -0.25) is 4.90 Å². The second-order valence-corrected chi connectivity index (χ2v) is 9.88. The molecule has 2 aliphatic heterocycles. The molecule has 1 aliphatic carbocycles. The Hall–Kier alpha value is -2.60. The number of hydrogen-bond donors (Lipinski definition) is 3. The van der Waals surface area contributed by atoms with Crippen molar-refractivity contribution in [3.8, 4) is 0 Å². The van der Waals surface area contributed by atoms with E-state index in [1.807, 2.05) is 13.0 Å². The lowest BCUT2D eigenvalue weighted by molar-refractivity contribution is 0.0820. The predicted octanol–water partition coefficient (Wildman–Crippen LogP) is 4.57. The topological polar surface area (TPSA) is 82.9 Å². The van der Waals surface area contributed by atoms with Crippen LogP contribution in [0.3, 0.4) is 0 Å². The Bertz CT molecular complexity index is 1120. The molecule has 0 radical (unpaired) electrons. The van der Waals surface area contributed by atoms with Crippen LogP contribution >= 0.6 is 0 Å². The van der Waals surface area contributed by atoms with Crippen molar-refractivity contribution in [1.29, 1.82) is 0 Å². The first kappa shape index (κ1) is 19.1. The van der Waals surface area contributed by atoms with Crippen LogP contribution in [0.15, 0.2) is 24.3 Å². The summed E-state index contributed by atoms with van der Waals surface area (Å²) in [5.41, 5.74) is 13.0. The quantitative estimate of drug-likeness (QED) is 0.583. The van der Waals surface area contributed by atoms with Crippen LogP contribution in [-0.4, -0.2) is 32.9 Å². The zero-order valence-corrected chi connectivity index (χ0v) is 18.3. The van der Waals surface area contributed by atoms with Gasteiger partial charge < -0.3 is 16.0 Å². The molecule has 3 aromatic rings. The summed E-state index contributed by atoms with van der Waals surface area (Å²) in [6, 6.07) is 9.12. The van der Waals surface area contributed by atoms with Crippen molar-refractivity contribution in [2.45, 2.75) is 58.0 Å². The maximum Gasteiger partial charge on any atom is 0.160 e. The van der Waals surface area contributed by atoms with Gasteiger partial charge in [-0.15, -0.1) is 0 Å². The van der Waals surface area contributed by atoms with Crippen LogP contribution in [0.25, 0.3) is 11.2 Å². The van der Waals surface area contributed by atoms with Gasteiger partial charge in [0.2, 0.25) is 0 Å². The maximum atomic E-state index is 6.09. The molecule has 0 amide bonds. The van der Waals surface area contributed by atoms with Crippen LogP contribution < -0.4 is 11.1 Å². The van der Waals surface area contributed by atoms with Gasteiger partial charge in [-0.25, -0.2) is 9.97 Å². The van der Waals surface area contributed by atoms with Gasteiger partial charge >= 0.3 is 0 Å². The molecule has 6 heteroatoms. The van der Waals surface area contributed by atoms with E-state index in [4.69, 9.17) is 5.73 Å². The molecule has 31 heavy (non-hydrogen) atoms. The number of aromatic nitrogens is 3. The normalized spacial score (nSPS) is 25.9. The van der Waals surface area contributed by atoms with E-state index in [-0.39, 0.29) is 6.04 Å². The number of imidazole rings is 1. The molecule has 1 saturated carbocycles. The standard InChI is InChI=1S/C25H32N6/c1-15-27-24-20(12-23(26)30-25(24)28-15)22-11-19-10-16(6-7-21(19)29-22)13-31-9-8-17-4-2-3-5-18(17)14-31/h6-7,10,12,17-18,22,29H,2-5,8-9,11,13-14H2,1H3,(H3,26,27,28,30). The number of anilines is 2. The van der Waals surface area contributed by atoms with Crippen molar-refractivity contribution in [2.75, 3.05) is 24.1 Å². The van der Waals surface area contributed by atoms with Crippen molar-refractivity contribution in [3.63, 3.8) is 0 Å². The van der Waals surface area contributed by atoms with Crippen molar-refractivity contribution in [3.05, 3.63) is 46.8 Å². The molecule has 1 saturated heterocycles. The average molecular weight is 417 g/mol. The van der Waals surface area contributed by atoms with Crippen LogP contribution in [0, 0.1) is 18.8 Å². The number of nitrogen functional groups attached to an aromatic ring is 1. The van der Waals surface area contributed by atoms with Gasteiger partial charge in [-0.1, -0.05) is 31.4 Å². The van der Waals surface area contributed by atoms with Crippen LogP contribution in [0.1, 0.15) is 60.7 Å². The number of nitrogens with one attached hydrogen (secondary N) is 2. The summed E-state index contributed by atoms with van der Waals surface area (Å²) in [6.07, 6.45) is 8.14. The summed E-state index contributed by atoms with van der Waals surface area (Å²) in [7, 11) is 0. The number of aryl methyl sites for hydroxylation is 1. The summed E-state index contributed by atoms with van der Waals surface area (Å²) in [6.45, 7) is 5.58. The molecular weight excluding hydrogens is 384 g/mol. The van der Waals surface area contributed by atoms with Gasteiger partial charge in [0.1, 0.15) is 17.2 Å². The Morgan fingerprint density at radius 1 is 1.10 bits per heavy atom. The number of fused-ring (bicyclic) bond motifs is 3. The third kappa shape index (κ3) is 3.57. The fraction of sp³-hybridized carbons (Fsp3) is 0.520. The molecular formula is C25H32N6. The molecule has 1 aromatic carbocycles. The summed E-state index contributed by atoms with van der Waals surface area (Å²) < 4.78 is 0. The molecule has 4 N–H and O–H groups in total. The monoisotopic (exact) mass is 416 g/mol. The molecule has 0 bridgehead atoms. The zero-order chi connectivity index (χ0) is 20.9. The van der Waals surface area contributed by atoms with Gasteiger partial charge in [0.15, 0.2) is 5.65 Å². The van der Waals surface area contributed by atoms with E-state index in [0.717, 1.165) is 47.4 Å². The van der Waals surface area contributed by atoms with Crippen LogP contribution in [-0.2, 0) is 13.0 Å². The fourth-order valence-electron chi connectivity index (χ4n) is 6.20. The van der Waals surface area contributed by atoms with Gasteiger partial charge in [0.25, 0.3) is 0 Å². The van der Waals surface area contributed by atoms with E-state index < -0.39 is 0 Å². The van der Waals surface area contributed by atoms with E-state index in [2.05, 4.69) is 43.4 Å². The number of H-pyrrole nitrogens is 1. The average Bonchev–Trinajstić information content (AvgIpc) is 3.35. The molecule has 2 aromatic heterocycles. The number of piperidine rings is 1. The number of nitrogens with two attached hydrogens (primary N) is 1. The fourth-order valence-corrected chi connectivity index (χ4v) is 6.20. The number of benzene rings is 1. The molecule has 2 fully saturated rings. The number of nitrogens with zero attached hydrogens (tertiary/aromatic N) is 3. The first-order valence-corrected chi connectivity index (χ1v) is 11.9. The molecule has 3 atom stereocenters. The van der Waals surface area contributed by atoms with E-state index in [1.54, 1.807) is 0 Å². The molecule has 6 rings (SSSR count). The first-order chi connectivity index (χ1) is 15.1. The maximum absolute atomic E-state index is 6.09. The SMILES string of the molecule is Cc1nc2c(C3Cc4cc(CN5CCC6CCCCC6C5)ccc4N3)cc(N)nc2[nH]1. The Balaban J connectivity index is 1.19. The number of hydrogen-bond acceptors (Lipinski definition) is 5. The number of pyridine rings is 1. The van der Waals surface area contributed by atoms with Gasteiger partial charge in [-0.05, 0) is 67.8 Å². The summed E-state index contributed by atoms with van der Waals surface area (Å²) in [5, 5.41) is 3.70. The summed E-state index contributed by atoms with van der Waals surface area (Å²) in [5.74, 6) is 3.33. The van der Waals surface area contributed by atoms with E-state index >= 15 is 0 Å². The lowest BCUT2D eigenvalue weighted by Gasteiger charge is -2.41. The van der Waals surface area contributed by atoms with Crippen LogP contribution in [0.2, 0.25) is 0 Å². The van der Waals surface area contributed by atoms with Crippen molar-refractivity contribution in [2.24, 2.45) is 11.8 Å². The Morgan fingerprint density at radius 3 is 2.87 bits per heavy atom. The smallest absolute Gasteiger partial charge is 0.160 e. The lowest BCUT2D eigenvalue weighted by atomic mass is 9.75. The number of likely N-dealkylation sites (tertiary alicyclic amines) is 1. The minimum atomic E-state index is 0.179. The molecule has 3 aliphatic rings. The highest BCUT2D eigenvalue weighted by Crippen LogP contribution is 2.39. The minimum absolute atomic E-state index is 0.179. The van der Waals surface area contributed by atoms with Crippen molar-refractivity contribution < 1.29 is 0 Å². The third-order valence-electron chi connectivity index (χ3n) is 7.70. The van der Waals surface area contributed by atoms with E-state index in [0.29, 0.717) is 5.82 Å². The number of aromatic amines is 1. The third-order valence-corrected chi connectivity index (χ3v) is 7.70. The predicted molar refractivity (Wildman–Crippen MR) is 125 cm³/mol. The van der Waals surface area contributed by atoms with Crippen LogP contribution in [0.5, 0.6) is 0 Å². The highest BCUT2D eigenvalue weighted by molar-refractivity contribution is 5.79. The van der Waals surface area contributed by atoms with Crippen molar-refractivity contribution >= 4 is 22.7 Å². The molecule has 162 valence electrons. The highest BCUT2D eigenvalue weighted by Gasteiger charge is 2.31. The minimum Gasteiger partial charge on any atom is -0.384 e. The summed E-state index contributed by atoms with van der Waals surface area (Å²) >= 11 is 0. The summed E-state index contributed by atoms with van der Waals surface area (Å²) in [4.78, 5) is 15.0. The number of rotatable bonds is 3. The van der Waals surface area contributed by atoms with Gasteiger partial charge in [0.05, 0.1) is 6.04 Å². The first-order valence-electron chi connectivity index (χ1n) is 11.9. The van der Waals surface area contributed by atoms with Crippen molar-refractivity contribution in [1.82, 2.24) is 19.9 Å². The van der Waals surface area contributed by atoms with Crippen LogP contribution in [0.4, 0.5) is 11.5 Å². The highest BCUT2D eigenvalue weighted by atomic mass is 15.1. The Kier molecular flexibility index (Phi) is 4.64. The second kappa shape index (κ2) is 7.52. The molecule has 6 nitrogen and oxygen atoms in total.